The Morgan fingerprint density at radius 3 is 2.33 bits per heavy atom. The average Bonchev–Trinajstić information content (AvgIpc) is 2.59. The van der Waals surface area contributed by atoms with Crippen LogP contribution in [0.25, 0.3) is 0 Å². The summed E-state index contributed by atoms with van der Waals surface area (Å²) in [7, 11) is 3.41. The van der Waals surface area contributed by atoms with Crippen LogP contribution >= 0.6 is 11.6 Å². The molecule has 2 amide bonds. The summed E-state index contributed by atoms with van der Waals surface area (Å²) < 4.78 is 0. The van der Waals surface area contributed by atoms with Gasteiger partial charge in [0, 0.05) is 36.9 Å². The van der Waals surface area contributed by atoms with Crippen molar-refractivity contribution in [3.8, 4) is 0 Å². The minimum absolute atomic E-state index is 0.0565. The number of carbonyl (C=O) groups is 2. The standard InChI is InChI=1S/C18H20ClN3O2/c1-22(2)18(24)13-7-9-15(10-8-13)20-12-17(23)21-11-14-5-3-4-6-16(14)19/h3-10,20H,11-12H2,1-2H3,(H,21,23). The van der Waals surface area contributed by atoms with Gasteiger partial charge in [-0.25, -0.2) is 0 Å². The number of hydrogen-bond donors (Lipinski definition) is 2. The van der Waals surface area contributed by atoms with E-state index < -0.39 is 0 Å². The fraction of sp³-hybridized carbons (Fsp3) is 0.222. The quantitative estimate of drug-likeness (QED) is 0.846. The second-order valence-electron chi connectivity index (χ2n) is 5.50. The third kappa shape index (κ3) is 4.99. The third-order valence-electron chi connectivity index (χ3n) is 3.42. The third-order valence-corrected chi connectivity index (χ3v) is 3.79. The van der Waals surface area contributed by atoms with E-state index in [9.17, 15) is 9.59 Å². The first-order chi connectivity index (χ1) is 11.5. The summed E-state index contributed by atoms with van der Waals surface area (Å²) in [4.78, 5) is 25.2. The maximum Gasteiger partial charge on any atom is 0.253 e. The molecule has 0 aromatic heterocycles. The molecule has 6 heteroatoms. The van der Waals surface area contributed by atoms with Crippen LogP contribution in [-0.4, -0.2) is 37.4 Å². The minimum Gasteiger partial charge on any atom is -0.376 e. The lowest BCUT2D eigenvalue weighted by atomic mass is 10.2. The second-order valence-corrected chi connectivity index (χ2v) is 5.91. The van der Waals surface area contributed by atoms with Gasteiger partial charge in [-0.3, -0.25) is 9.59 Å². The summed E-state index contributed by atoms with van der Waals surface area (Å²) in [6.07, 6.45) is 0. The molecule has 2 rings (SSSR count). The van der Waals surface area contributed by atoms with E-state index in [2.05, 4.69) is 10.6 Å². The lowest BCUT2D eigenvalue weighted by Gasteiger charge is -2.11. The molecule has 0 saturated heterocycles. The Bertz CT molecular complexity index is 714. The molecule has 2 aromatic carbocycles. The summed E-state index contributed by atoms with van der Waals surface area (Å²) in [5, 5.41) is 6.46. The molecule has 0 saturated carbocycles. The van der Waals surface area contributed by atoms with Crippen LogP contribution in [0.5, 0.6) is 0 Å². The fourth-order valence-corrected chi connectivity index (χ4v) is 2.27. The Kier molecular flexibility index (Phi) is 6.21. The van der Waals surface area contributed by atoms with Gasteiger partial charge in [-0.1, -0.05) is 29.8 Å². The highest BCUT2D eigenvalue weighted by atomic mass is 35.5. The van der Waals surface area contributed by atoms with Gasteiger partial charge in [0.05, 0.1) is 6.54 Å². The molecule has 24 heavy (non-hydrogen) atoms. The smallest absolute Gasteiger partial charge is 0.253 e. The first-order valence-corrected chi connectivity index (χ1v) is 7.91. The zero-order valence-corrected chi connectivity index (χ0v) is 14.4. The van der Waals surface area contributed by atoms with Crippen LogP contribution in [0.4, 0.5) is 5.69 Å². The van der Waals surface area contributed by atoms with E-state index in [1.54, 1.807) is 44.4 Å². The second kappa shape index (κ2) is 8.36. The molecule has 0 aliphatic carbocycles. The molecule has 0 heterocycles. The topological polar surface area (TPSA) is 61.4 Å². The predicted octanol–water partition coefficient (Wildman–Crippen LogP) is 2.77. The Hall–Kier alpha value is -2.53. The Labute approximate surface area is 146 Å². The van der Waals surface area contributed by atoms with Crippen molar-refractivity contribution >= 4 is 29.1 Å². The summed E-state index contributed by atoms with van der Waals surface area (Å²) in [6.45, 7) is 0.530. The molecule has 0 bridgehead atoms. The van der Waals surface area contributed by atoms with Gasteiger partial charge in [0.2, 0.25) is 5.91 Å². The van der Waals surface area contributed by atoms with Crippen molar-refractivity contribution in [3.63, 3.8) is 0 Å². The van der Waals surface area contributed by atoms with Gasteiger partial charge >= 0.3 is 0 Å². The number of halogens is 1. The number of carbonyl (C=O) groups excluding carboxylic acids is 2. The molecular weight excluding hydrogens is 326 g/mol. The van der Waals surface area contributed by atoms with Crippen LogP contribution in [0.3, 0.4) is 0 Å². The minimum atomic E-state index is -0.136. The fourth-order valence-electron chi connectivity index (χ4n) is 2.07. The van der Waals surface area contributed by atoms with Crippen LogP contribution in [0, 0.1) is 0 Å². The number of nitrogens with one attached hydrogen (secondary N) is 2. The first kappa shape index (κ1) is 17.8. The SMILES string of the molecule is CN(C)C(=O)c1ccc(NCC(=O)NCc2ccccc2Cl)cc1. The Morgan fingerprint density at radius 1 is 1.04 bits per heavy atom. The van der Waals surface area contributed by atoms with Crippen LogP contribution < -0.4 is 10.6 Å². The van der Waals surface area contributed by atoms with Crippen molar-refractivity contribution < 1.29 is 9.59 Å². The number of nitrogens with zero attached hydrogens (tertiary/aromatic N) is 1. The van der Waals surface area contributed by atoms with E-state index >= 15 is 0 Å². The highest BCUT2D eigenvalue weighted by Crippen LogP contribution is 2.14. The van der Waals surface area contributed by atoms with Crippen molar-refractivity contribution in [1.29, 1.82) is 0 Å². The molecule has 0 radical (unpaired) electrons. The van der Waals surface area contributed by atoms with Crippen molar-refractivity contribution in [3.05, 3.63) is 64.7 Å². The van der Waals surface area contributed by atoms with Gasteiger partial charge in [0.25, 0.3) is 5.91 Å². The molecule has 0 spiro atoms. The van der Waals surface area contributed by atoms with Crippen LogP contribution in [0.2, 0.25) is 5.02 Å². The molecule has 2 aromatic rings. The van der Waals surface area contributed by atoms with E-state index in [0.717, 1.165) is 11.3 Å². The molecular formula is C18H20ClN3O2. The lowest BCUT2D eigenvalue weighted by Crippen LogP contribution is -2.29. The van der Waals surface area contributed by atoms with Gasteiger partial charge in [-0.05, 0) is 35.9 Å². The van der Waals surface area contributed by atoms with Gasteiger partial charge in [-0.2, -0.15) is 0 Å². The van der Waals surface area contributed by atoms with Crippen molar-refractivity contribution in [2.24, 2.45) is 0 Å². The van der Waals surface area contributed by atoms with Gasteiger partial charge in [0.15, 0.2) is 0 Å². The van der Waals surface area contributed by atoms with E-state index in [-0.39, 0.29) is 18.4 Å². The predicted molar refractivity (Wildman–Crippen MR) is 96.2 cm³/mol. The molecule has 0 atom stereocenters. The number of amides is 2. The number of anilines is 1. The molecule has 0 aliphatic heterocycles. The average molecular weight is 346 g/mol. The van der Waals surface area contributed by atoms with E-state index in [1.165, 1.54) is 4.90 Å². The van der Waals surface area contributed by atoms with Crippen LogP contribution in [0.15, 0.2) is 48.5 Å². The molecule has 5 nitrogen and oxygen atoms in total. The maximum atomic E-state index is 11.9. The highest BCUT2D eigenvalue weighted by Gasteiger charge is 2.08. The van der Waals surface area contributed by atoms with Crippen molar-refractivity contribution in [2.75, 3.05) is 26.0 Å². The van der Waals surface area contributed by atoms with Gasteiger partial charge in [-0.15, -0.1) is 0 Å². The van der Waals surface area contributed by atoms with E-state index in [0.29, 0.717) is 17.1 Å². The van der Waals surface area contributed by atoms with Crippen molar-refractivity contribution in [2.45, 2.75) is 6.54 Å². The van der Waals surface area contributed by atoms with E-state index in [4.69, 9.17) is 11.6 Å². The van der Waals surface area contributed by atoms with E-state index in [1.807, 2.05) is 18.2 Å². The lowest BCUT2D eigenvalue weighted by molar-refractivity contribution is -0.119. The zero-order valence-electron chi connectivity index (χ0n) is 13.7. The summed E-state index contributed by atoms with van der Waals surface area (Å²) in [5.41, 5.74) is 2.26. The van der Waals surface area contributed by atoms with Crippen molar-refractivity contribution in [1.82, 2.24) is 10.2 Å². The van der Waals surface area contributed by atoms with Crippen LogP contribution in [0.1, 0.15) is 15.9 Å². The normalized spacial score (nSPS) is 10.1. The van der Waals surface area contributed by atoms with Crippen LogP contribution in [-0.2, 0) is 11.3 Å². The number of hydrogen-bond acceptors (Lipinski definition) is 3. The first-order valence-electron chi connectivity index (χ1n) is 7.53. The van der Waals surface area contributed by atoms with Gasteiger partial charge < -0.3 is 15.5 Å². The Morgan fingerprint density at radius 2 is 1.71 bits per heavy atom. The molecule has 126 valence electrons. The molecule has 0 aliphatic rings. The highest BCUT2D eigenvalue weighted by molar-refractivity contribution is 6.31. The Balaban J connectivity index is 1.81. The summed E-state index contributed by atoms with van der Waals surface area (Å²) in [5.74, 6) is -0.192. The monoisotopic (exact) mass is 345 g/mol. The number of rotatable bonds is 6. The maximum absolute atomic E-state index is 11.9. The summed E-state index contributed by atoms with van der Waals surface area (Å²) in [6, 6.07) is 14.4. The molecule has 0 unspecified atom stereocenters. The largest absolute Gasteiger partial charge is 0.376 e. The van der Waals surface area contributed by atoms with Gasteiger partial charge in [0.1, 0.15) is 0 Å². The zero-order chi connectivity index (χ0) is 17.5. The summed E-state index contributed by atoms with van der Waals surface area (Å²) >= 11 is 6.05. The molecule has 0 fully saturated rings. The molecule has 2 N–H and O–H groups in total. The number of benzene rings is 2.